The van der Waals surface area contributed by atoms with Crippen LogP contribution in [0.15, 0.2) is 30.3 Å². The molecule has 110 valence electrons. The fraction of sp³-hybridized carbons (Fsp3) is 0.588. The minimum atomic E-state index is -0.798. The number of nitrogens with zero attached hydrogens (tertiary/aromatic N) is 1. The van der Waals surface area contributed by atoms with Gasteiger partial charge in [-0.3, -0.25) is 9.69 Å². The number of likely N-dealkylation sites (tertiary alicyclic amines) is 1. The van der Waals surface area contributed by atoms with E-state index in [1.165, 1.54) is 5.56 Å². The number of benzene rings is 1. The Kier molecular flexibility index (Phi) is 4.95. The number of piperidine rings is 1. The van der Waals surface area contributed by atoms with Gasteiger partial charge in [-0.05, 0) is 31.7 Å². The first kappa shape index (κ1) is 15.2. The van der Waals surface area contributed by atoms with Crippen LogP contribution in [0.2, 0.25) is 0 Å². The molecule has 3 heteroatoms. The molecule has 0 amide bonds. The lowest BCUT2D eigenvalue weighted by Crippen LogP contribution is -2.50. The summed E-state index contributed by atoms with van der Waals surface area (Å²) >= 11 is 0. The van der Waals surface area contributed by atoms with Crippen LogP contribution in [0.3, 0.4) is 0 Å². The van der Waals surface area contributed by atoms with E-state index in [0.29, 0.717) is 12.8 Å². The lowest BCUT2D eigenvalue weighted by Gasteiger charge is -2.42. The van der Waals surface area contributed by atoms with Gasteiger partial charge in [0.15, 0.2) is 0 Å². The second-order valence-corrected chi connectivity index (χ2v) is 5.94. The van der Waals surface area contributed by atoms with E-state index in [4.69, 9.17) is 0 Å². The lowest BCUT2D eigenvalue weighted by molar-refractivity contribution is -0.135. The van der Waals surface area contributed by atoms with Crippen LogP contribution in [0, 0.1) is 5.92 Å². The number of Topliss-reactive ketones (excluding diaryl/α,β-unsaturated/α-hetero) is 1. The zero-order valence-electron chi connectivity index (χ0n) is 12.5. The van der Waals surface area contributed by atoms with Crippen LogP contribution < -0.4 is 0 Å². The zero-order valence-corrected chi connectivity index (χ0v) is 12.5. The monoisotopic (exact) mass is 275 g/mol. The predicted molar refractivity (Wildman–Crippen MR) is 80.4 cm³/mol. The molecule has 3 nitrogen and oxygen atoms in total. The smallest absolute Gasteiger partial charge is 0.135 e. The summed E-state index contributed by atoms with van der Waals surface area (Å²) in [6.45, 7) is 6.22. The van der Waals surface area contributed by atoms with Crippen molar-refractivity contribution in [2.24, 2.45) is 5.92 Å². The van der Waals surface area contributed by atoms with Gasteiger partial charge in [0, 0.05) is 25.6 Å². The van der Waals surface area contributed by atoms with Crippen molar-refractivity contribution in [3.05, 3.63) is 35.9 Å². The van der Waals surface area contributed by atoms with E-state index in [9.17, 15) is 9.90 Å². The Morgan fingerprint density at radius 3 is 2.40 bits per heavy atom. The number of ketones is 1. The molecule has 1 unspecified atom stereocenters. The molecule has 20 heavy (non-hydrogen) atoms. The number of aliphatic hydroxyl groups is 1. The fourth-order valence-electron chi connectivity index (χ4n) is 3.33. The molecular weight excluding hydrogens is 250 g/mol. The Morgan fingerprint density at radius 1 is 1.30 bits per heavy atom. The van der Waals surface area contributed by atoms with Crippen molar-refractivity contribution in [3.63, 3.8) is 0 Å². The highest BCUT2D eigenvalue weighted by atomic mass is 16.3. The third-order valence-corrected chi connectivity index (χ3v) is 4.52. The third-order valence-electron chi connectivity index (χ3n) is 4.52. The van der Waals surface area contributed by atoms with Crippen LogP contribution in [0.1, 0.15) is 38.7 Å². The topological polar surface area (TPSA) is 40.5 Å². The van der Waals surface area contributed by atoms with Crippen molar-refractivity contribution in [1.82, 2.24) is 4.90 Å². The van der Waals surface area contributed by atoms with E-state index in [-0.39, 0.29) is 11.7 Å². The summed E-state index contributed by atoms with van der Waals surface area (Å²) in [6, 6.07) is 10.4. The van der Waals surface area contributed by atoms with Crippen molar-refractivity contribution < 1.29 is 9.90 Å². The Bertz CT molecular complexity index is 436. The second kappa shape index (κ2) is 6.51. The molecule has 1 saturated heterocycles. The molecular formula is C17H25NO2. The normalized spacial score (nSPS) is 20.6. The van der Waals surface area contributed by atoms with Crippen LogP contribution >= 0.6 is 0 Å². The van der Waals surface area contributed by atoms with Crippen molar-refractivity contribution in [2.75, 3.05) is 13.1 Å². The summed E-state index contributed by atoms with van der Waals surface area (Å²) in [6.07, 6.45) is 2.11. The molecule has 1 heterocycles. The molecule has 0 bridgehead atoms. The fourth-order valence-corrected chi connectivity index (χ4v) is 3.33. The Hall–Kier alpha value is -1.19. The highest BCUT2D eigenvalue weighted by Gasteiger charge is 2.40. The maximum atomic E-state index is 11.7. The van der Waals surface area contributed by atoms with Crippen molar-refractivity contribution >= 4 is 5.78 Å². The van der Waals surface area contributed by atoms with Gasteiger partial charge >= 0.3 is 0 Å². The number of hydrogen-bond donors (Lipinski definition) is 1. The van der Waals surface area contributed by atoms with Gasteiger partial charge in [0.1, 0.15) is 5.78 Å². The summed E-state index contributed by atoms with van der Waals surface area (Å²) in [7, 11) is 0. The first-order chi connectivity index (χ1) is 9.55. The molecule has 1 aliphatic heterocycles. The van der Waals surface area contributed by atoms with Gasteiger partial charge in [0.25, 0.3) is 0 Å². The Labute approximate surface area is 121 Å². The van der Waals surface area contributed by atoms with E-state index in [0.717, 1.165) is 26.1 Å². The van der Waals surface area contributed by atoms with Crippen LogP contribution in [-0.4, -0.2) is 34.5 Å². The quantitative estimate of drug-likeness (QED) is 0.898. The Balaban J connectivity index is 1.93. The summed E-state index contributed by atoms with van der Waals surface area (Å²) in [5, 5.41) is 10.7. The lowest BCUT2D eigenvalue weighted by atomic mass is 9.76. The highest BCUT2D eigenvalue weighted by molar-refractivity contribution is 5.79. The molecule has 1 aliphatic rings. The number of hydrogen-bond acceptors (Lipinski definition) is 3. The second-order valence-electron chi connectivity index (χ2n) is 5.94. The number of carbonyl (C=O) groups excluding carboxylic acids is 1. The van der Waals surface area contributed by atoms with Crippen LogP contribution in [0.25, 0.3) is 0 Å². The molecule has 1 N–H and O–H groups in total. The molecule has 0 saturated carbocycles. The third kappa shape index (κ3) is 3.47. The summed E-state index contributed by atoms with van der Waals surface area (Å²) in [5.41, 5.74) is 0.505. The molecule has 0 aromatic heterocycles. The first-order valence-corrected chi connectivity index (χ1v) is 7.54. The van der Waals surface area contributed by atoms with Crippen molar-refractivity contribution in [1.29, 1.82) is 0 Å². The zero-order chi connectivity index (χ0) is 14.6. The molecule has 0 radical (unpaired) electrons. The van der Waals surface area contributed by atoms with Gasteiger partial charge in [-0.1, -0.05) is 37.3 Å². The maximum Gasteiger partial charge on any atom is 0.135 e. The number of carbonyl (C=O) groups is 1. The molecule has 1 aromatic carbocycles. The molecule has 1 atom stereocenters. The van der Waals surface area contributed by atoms with E-state index >= 15 is 0 Å². The van der Waals surface area contributed by atoms with Crippen LogP contribution in [0.5, 0.6) is 0 Å². The maximum absolute atomic E-state index is 11.7. The minimum absolute atomic E-state index is 0.117. The number of rotatable bonds is 5. The van der Waals surface area contributed by atoms with Gasteiger partial charge < -0.3 is 5.11 Å². The van der Waals surface area contributed by atoms with Gasteiger partial charge in [-0.25, -0.2) is 0 Å². The van der Waals surface area contributed by atoms with E-state index in [1.54, 1.807) is 6.92 Å². The SMILES string of the molecule is CCC(C(C)=O)C1(O)CCN(Cc2ccccc2)CC1. The molecule has 1 aromatic rings. The molecule has 1 fully saturated rings. The summed E-state index contributed by atoms with van der Waals surface area (Å²) in [5.74, 6) is -0.0899. The van der Waals surface area contributed by atoms with Gasteiger partial charge in [0.05, 0.1) is 5.60 Å². The van der Waals surface area contributed by atoms with E-state index < -0.39 is 5.60 Å². The van der Waals surface area contributed by atoms with E-state index in [1.807, 2.05) is 13.0 Å². The first-order valence-electron chi connectivity index (χ1n) is 7.54. The average Bonchev–Trinajstić information content (AvgIpc) is 2.43. The summed E-state index contributed by atoms with van der Waals surface area (Å²) < 4.78 is 0. The van der Waals surface area contributed by atoms with Crippen molar-refractivity contribution in [3.8, 4) is 0 Å². The minimum Gasteiger partial charge on any atom is -0.389 e. The standard InChI is InChI=1S/C17H25NO2/c1-3-16(14(2)19)17(20)9-11-18(12-10-17)13-15-7-5-4-6-8-15/h4-8,16,20H,3,9-13H2,1-2H3. The molecule has 0 aliphatic carbocycles. The summed E-state index contributed by atoms with van der Waals surface area (Å²) in [4.78, 5) is 14.0. The van der Waals surface area contributed by atoms with E-state index in [2.05, 4.69) is 29.2 Å². The van der Waals surface area contributed by atoms with Crippen LogP contribution in [-0.2, 0) is 11.3 Å². The average molecular weight is 275 g/mol. The van der Waals surface area contributed by atoms with Gasteiger partial charge in [-0.2, -0.15) is 0 Å². The van der Waals surface area contributed by atoms with Gasteiger partial charge in [-0.15, -0.1) is 0 Å². The molecule has 2 rings (SSSR count). The largest absolute Gasteiger partial charge is 0.389 e. The van der Waals surface area contributed by atoms with Gasteiger partial charge in [0.2, 0.25) is 0 Å². The predicted octanol–water partition coefficient (Wildman–Crippen LogP) is 2.63. The highest BCUT2D eigenvalue weighted by Crippen LogP contribution is 2.33. The van der Waals surface area contributed by atoms with Crippen molar-refractivity contribution in [2.45, 2.75) is 45.3 Å². The Morgan fingerprint density at radius 2 is 1.90 bits per heavy atom. The van der Waals surface area contributed by atoms with Crippen LogP contribution in [0.4, 0.5) is 0 Å². The molecule has 0 spiro atoms.